The van der Waals surface area contributed by atoms with E-state index in [9.17, 15) is 0 Å². The second-order valence-corrected chi connectivity index (χ2v) is 15.8. The standard InChI is InChI=1S/C44H32Br2/c1-43(2)35-11-7-5-9-29(35)31-21-23-33-38(26-15-19-28(46)20-16-26)40-34(37(39(33)41(31)43)25-13-17-27(45)18-14-25)24-22-32-30-10-6-8-12-36(30)44(3,4)42(32)40/h5-24H,1-4H3. The molecule has 0 heterocycles. The number of rotatable bonds is 2. The maximum atomic E-state index is 3.72. The Balaban J connectivity index is 1.56. The second-order valence-electron chi connectivity index (χ2n) is 13.9. The Labute approximate surface area is 287 Å². The minimum Gasteiger partial charge on any atom is -0.0619 e. The van der Waals surface area contributed by atoms with E-state index in [-0.39, 0.29) is 10.8 Å². The van der Waals surface area contributed by atoms with Gasteiger partial charge < -0.3 is 0 Å². The first-order valence-electron chi connectivity index (χ1n) is 16.0. The van der Waals surface area contributed by atoms with Crippen LogP contribution in [0, 0.1) is 0 Å². The summed E-state index contributed by atoms with van der Waals surface area (Å²) in [7, 11) is 0. The van der Waals surface area contributed by atoms with Gasteiger partial charge in [0, 0.05) is 19.8 Å². The van der Waals surface area contributed by atoms with Gasteiger partial charge in [0.1, 0.15) is 0 Å². The van der Waals surface area contributed by atoms with Crippen molar-refractivity contribution >= 4 is 53.4 Å². The van der Waals surface area contributed by atoms with Crippen molar-refractivity contribution < 1.29 is 0 Å². The molecule has 0 aliphatic heterocycles. The third-order valence-corrected chi connectivity index (χ3v) is 11.8. The number of hydrogen-bond donors (Lipinski definition) is 0. The highest BCUT2D eigenvalue weighted by molar-refractivity contribution is 9.10. The molecule has 2 aliphatic carbocycles. The summed E-state index contributed by atoms with van der Waals surface area (Å²) in [5, 5.41) is 5.35. The first kappa shape index (κ1) is 28.3. The fourth-order valence-corrected chi connectivity index (χ4v) is 9.31. The summed E-state index contributed by atoms with van der Waals surface area (Å²) in [6, 6.07) is 45.5. The molecule has 0 amide bonds. The van der Waals surface area contributed by atoms with Gasteiger partial charge in [-0.1, -0.05) is 157 Å². The number of fused-ring (bicyclic) bond motifs is 10. The van der Waals surface area contributed by atoms with Crippen molar-refractivity contribution in [3.05, 3.63) is 153 Å². The molecule has 0 atom stereocenters. The Hall–Kier alpha value is -3.98. The average Bonchev–Trinajstić information content (AvgIpc) is 3.44. The minimum absolute atomic E-state index is 0.160. The van der Waals surface area contributed by atoms with Crippen LogP contribution in [0.5, 0.6) is 0 Å². The largest absolute Gasteiger partial charge is 0.0619 e. The molecular formula is C44H32Br2. The molecule has 0 fully saturated rings. The van der Waals surface area contributed by atoms with E-state index < -0.39 is 0 Å². The van der Waals surface area contributed by atoms with Gasteiger partial charge >= 0.3 is 0 Å². The van der Waals surface area contributed by atoms with Gasteiger partial charge in [0.2, 0.25) is 0 Å². The summed E-state index contributed by atoms with van der Waals surface area (Å²) in [5.41, 5.74) is 15.9. The molecule has 0 N–H and O–H groups in total. The van der Waals surface area contributed by atoms with E-state index in [1.165, 1.54) is 88.3 Å². The molecule has 9 rings (SSSR count). The monoisotopic (exact) mass is 718 g/mol. The van der Waals surface area contributed by atoms with Crippen LogP contribution in [0.25, 0.3) is 66.1 Å². The van der Waals surface area contributed by atoms with Crippen molar-refractivity contribution in [2.45, 2.75) is 38.5 Å². The van der Waals surface area contributed by atoms with Crippen molar-refractivity contribution in [1.82, 2.24) is 0 Å². The van der Waals surface area contributed by atoms with Gasteiger partial charge in [0.25, 0.3) is 0 Å². The van der Waals surface area contributed by atoms with Gasteiger partial charge in [-0.2, -0.15) is 0 Å². The SMILES string of the molecule is CC1(C)c2ccccc2-c2ccc3c(-c4ccc(Br)cc4)c4c5c(ccc4c(-c4ccc(Br)cc4)c3c21)-c1ccccc1C5(C)C. The third kappa shape index (κ3) is 3.72. The molecule has 0 nitrogen and oxygen atoms in total. The summed E-state index contributed by atoms with van der Waals surface area (Å²) >= 11 is 7.44. The zero-order valence-corrected chi connectivity index (χ0v) is 29.5. The lowest BCUT2D eigenvalue weighted by atomic mass is 9.73. The molecule has 2 heteroatoms. The van der Waals surface area contributed by atoms with Crippen molar-refractivity contribution in [3.63, 3.8) is 0 Å². The Kier molecular flexibility index (Phi) is 6.00. The predicted octanol–water partition coefficient (Wildman–Crippen LogP) is 13.5. The first-order valence-corrected chi connectivity index (χ1v) is 17.6. The highest BCUT2D eigenvalue weighted by Gasteiger charge is 2.41. The van der Waals surface area contributed by atoms with E-state index in [0.29, 0.717) is 0 Å². The zero-order valence-electron chi connectivity index (χ0n) is 26.3. The van der Waals surface area contributed by atoms with E-state index >= 15 is 0 Å². The van der Waals surface area contributed by atoms with Crippen LogP contribution in [0.1, 0.15) is 49.9 Å². The molecule has 7 aromatic rings. The smallest absolute Gasteiger partial charge is 0.0175 e. The molecule has 0 bridgehead atoms. The Morgan fingerprint density at radius 2 is 0.761 bits per heavy atom. The molecule has 7 aromatic carbocycles. The summed E-state index contributed by atoms with van der Waals surface area (Å²) in [5.74, 6) is 0. The lowest BCUT2D eigenvalue weighted by molar-refractivity contribution is 0.665. The van der Waals surface area contributed by atoms with Crippen LogP contribution in [0.3, 0.4) is 0 Å². The molecule has 0 saturated carbocycles. The summed E-state index contributed by atoms with van der Waals surface area (Å²) in [6.07, 6.45) is 0. The van der Waals surface area contributed by atoms with Gasteiger partial charge in [0.15, 0.2) is 0 Å². The third-order valence-electron chi connectivity index (χ3n) is 10.7. The maximum absolute atomic E-state index is 3.72. The molecule has 0 unspecified atom stereocenters. The lowest BCUT2D eigenvalue weighted by Gasteiger charge is -2.29. The van der Waals surface area contributed by atoms with Gasteiger partial charge in [-0.15, -0.1) is 0 Å². The van der Waals surface area contributed by atoms with E-state index in [4.69, 9.17) is 0 Å². The van der Waals surface area contributed by atoms with E-state index in [1.807, 2.05) is 0 Å². The average molecular weight is 721 g/mol. The highest BCUT2D eigenvalue weighted by atomic mass is 79.9. The van der Waals surface area contributed by atoms with Gasteiger partial charge in [-0.3, -0.25) is 0 Å². The van der Waals surface area contributed by atoms with Crippen molar-refractivity contribution in [1.29, 1.82) is 0 Å². The molecular weight excluding hydrogens is 688 g/mol. The quantitative estimate of drug-likeness (QED) is 0.156. The number of benzene rings is 7. The van der Waals surface area contributed by atoms with Gasteiger partial charge in [-0.25, -0.2) is 0 Å². The highest BCUT2D eigenvalue weighted by Crippen LogP contribution is 2.59. The lowest BCUT2D eigenvalue weighted by Crippen LogP contribution is -2.17. The summed E-state index contributed by atoms with van der Waals surface area (Å²) in [4.78, 5) is 0. The Morgan fingerprint density at radius 1 is 0.391 bits per heavy atom. The van der Waals surface area contributed by atoms with Crippen LogP contribution in [0.15, 0.2) is 130 Å². The topological polar surface area (TPSA) is 0 Å². The predicted molar refractivity (Wildman–Crippen MR) is 203 cm³/mol. The molecule has 2 aliphatic rings. The van der Waals surface area contributed by atoms with E-state index in [0.717, 1.165) is 8.95 Å². The molecule has 46 heavy (non-hydrogen) atoms. The second kappa shape index (κ2) is 9.77. The zero-order chi connectivity index (χ0) is 31.5. The molecule has 0 spiro atoms. The molecule has 0 aromatic heterocycles. The van der Waals surface area contributed by atoms with Crippen LogP contribution in [0.4, 0.5) is 0 Å². The first-order chi connectivity index (χ1) is 22.2. The van der Waals surface area contributed by atoms with Crippen LogP contribution >= 0.6 is 31.9 Å². The van der Waals surface area contributed by atoms with Gasteiger partial charge in [-0.05, 0) is 113 Å². The summed E-state index contributed by atoms with van der Waals surface area (Å²) < 4.78 is 2.18. The van der Waals surface area contributed by atoms with Gasteiger partial charge in [0.05, 0.1) is 0 Å². The summed E-state index contributed by atoms with van der Waals surface area (Å²) in [6.45, 7) is 9.64. The fraction of sp³-hybridized carbons (Fsp3) is 0.136. The normalized spacial score (nSPS) is 15.1. The minimum atomic E-state index is -0.160. The Bertz CT molecular complexity index is 2240. The van der Waals surface area contributed by atoms with Crippen molar-refractivity contribution in [2.24, 2.45) is 0 Å². The maximum Gasteiger partial charge on any atom is 0.0175 e. The van der Waals surface area contributed by atoms with Crippen LogP contribution in [-0.4, -0.2) is 0 Å². The van der Waals surface area contributed by atoms with Crippen LogP contribution in [0.2, 0.25) is 0 Å². The fourth-order valence-electron chi connectivity index (χ4n) is 8.79. The van der Waals surface area contributed by atoms with Crippen molar-refractivity contribution in [2.75, 3.05) is 0 Å². The van der Waals surface area contributed by atoms with Crippen LogP contribution in [-0.2, 0) is 10.8 Å². The molecule has 0 radical (unpaired) electrons. The van der Waals surface area contributed by atoms with Crippen LogP contribution < -0.4 is 0 Å². The molecule has 0 saturated heterocycles. The number of hydrogen-bond acceptors (Lipinski definition) is 0. The van der Waals surface area contributed by atoms with E-state index in [1.54, 1.807) is 0 Å². The van der Waals surface area contributed by atoms with Crippen molar-refractivity contribution in [3.8, 4) is 44.5 Å². The Morgan fingerprint density at radius 3 is 1.15 bits per heavy atom. The number of halogens is 2. The molecule has 222 valence electrons. The van der Waals surface area contributed by atoms with E-state index in [2.05, 4.69) is 181 Å².